The highest BCUT2D eigenvalue weighted by atomic mass is 32.2. The number of aromatic nitrogens is 2. The predicted molar refractivity (Wildman–Crippen MR) is 58.5 cm³/mol. The molecule has 1 aliphatic rings. The molecule has 1 aromatic rings. The van der Waals surface area contributed by atoms with E-state index in [0.717, 1.165) is 7.05 Å². The third-order valence-corrected chi connectivity index (χ3v) is 3.65. The van der Waals surface area contributed by atoms with Crippen LogP contribution in [0.3, 0.4) is 0 Å². The van der Waals surface area contributed by atoms with Crippen LogP contribution in [0, 0.1) is 0 Å². The van der Waals surface area contributed by atoms with Crippen molar-refractivity contribution < 1.29 is 31.1 Å². The van der Waals surface area contributed by atoms with E-state index >= 15 is 0 Å². The molecule has 2 heterocycles. The molecule has 0 aliphatic carbocycles. The zero-order valence-electron chi connectivity index (χ0n) is 10.1. The molecule has 1 fully saturated rings. The first-order chi connectivity index (χ1) is 9.24. The van der Waals surface area contributed by atoms with Gasteiger partial charge in [-0.15, -0.1) is 0 Å². The van der Waals surface area contributed by atoms with E-state index in [2.05, 4.69) is 9.97 Å². The second-order valence-corrected chi connectivity index (χ2v) is 5.63. The minimum atomic E-state index is -4.75. The molecule has 0 spiro atoms. The van der Waals surface area contributed by atoms with Gasteiger partial charge in [0.15, 0.2) is 0 Å². The number of alkyl halides is 3. The number of nitrogens with one attached hydrogen (secondary N) is 1. The summed E-state index contributed by atoms with van der Waals surface area (Å²) in [6.45, 7) is 0.241. The molecule has 2 rings (SSSR count). The SMILES string of the molecule is CNS(=O)(=O)c1ncc(C(F)(F)F)c(OC2COC2)n1. The summed E-state index contributed by atoms with van der Waals surface area (Å²) < 4.78 is 73.0. The van der Waals surface area contributed by atoms with E-state index in [-0.39, 0.29) is 13.2 Å². The molecule has 11 heteroatoms. The highest BCUT2D eigenvalue weighted by Crippen LogP contribution is 2.35. The summed E-state index contributed by atoms with van der Waals surface area (Å²) >= 11 is 0. The topological polar surface area (TPSA) is 90.4 Å². The number of ether oxygens (including phenoxy) is 2. The van der Waals surface area contributed by atoms with Crippen LogP contribution in [0.25, 0.3) is 0 Å². The quantitative estimate of drug-likeness (QED) is 0.798. The summed E-state index contributed by atoms with van der Waals surface area (Å²) in [5.41, 5.74) is -1.24. The molecule has 112 valence electrons. The van der Waals surface area contributed by atoms with Crippen LogP contribution in [0.2, 0.25) is 0 Å². The third kappa shape index (κ3) is 2.99. The first-order valence-corrected chi connectivity index (χ1v) is 6.84. The maximum atomic E-state index is 12.8. The van der Waals surface area contributed by atoms with Crippen molar-refractivity contribution in [3.63, 3.8) is 0 Å². The maximum absolute atomic E-state index is 12.8. The molecular weight excluding hydrogens is 303 g/mol. The van der Waals surface area contributed by atoms with Gasteiger partial charge in [-0.25, -0.2) is 18.1 Å². The lowest BCUT2D eigenvalue weighted by Crippen LogP contribution is -2.39. The van der Waals surface area contributed by atoms with Crippen LogP contribution < -0.4 is 9.46 Å². The minimum Gasteiger partial charge on any atom is -0.469 e. The number of nitrogens with zero attached hydrogens (tertiary/aromatic N) is 2. The Balaban J connectivity index is 2.43. The van der Waals surface area contributed by atoms with E-state index < -0.39 is 38.9 Å². The number of rotatable bonds is 4. The number of halogens is 3. The first-order valence-electron chi connectivity index (χ1n) is 5.36. The summed E-state index contributed by atoms with van der Waals surface area (Å²) in [7, 11) is -2.96. The molecule has 7 nitrogen and oxygen atoms in total. The van der Waals surface area contributed by atoms with Crippen LogP contribution >= 0.6 is 0 Å². The number of hydrogen-bond donors (Lipinski definition) is 1. The fourth-order valence-electron chi connectivity index (χ4n) is 1.30. The maximum Gasteiger partial charge on any atom is 0.423 e. The van der Waals surface area contributed by atoms with Crippen molar-refractivity contribution in [2.45, 2.75) is 17.4 Å². The zero-order chi connectivity index (χ0) is 15.0. The normalized spacial score (nSPS) is 16.8. The van der Waals surface area contributed by atoms with Gasteiger partial charge in [0.05, 0.1) is 13.2 Å². The van der Waals surface area contributed by atoms with Crippen molar-refractivity contribution in [3.05, 3.63) is 11.8 Å². The fourth-order valence-corrected chi connectivity index (χ4v) is 1.87. The highest BCUT2D eigenvalue weighted by molar-refractivity contribution is 7.89. The van der Waals surface area contributed by atoms with Crippen molar-refractivity contribution in [1.29, 1.82) is 0 Å². The second-order valence-electron chi connectivity index (χ2n) is 3.85. The Hall–Kier alpha value is -1.46. The van der Waals surface area contributed by atoms with Gasteiger partial charge in [0.2, 0.25) is 5.88 Å². The van der Waals surface area contributed by atoms with Gasteiger partial charge in [0.25, 0.3) is 15.2 Å². The predicted octanol–water partition coefficient (Wildman–Crippen LogP) is 0.181. The van der Waals surface area contributed by atoms with Gasteiger partial charge in [-0.2, -0.15) is 18.2 Å². The average Bonchev–Trinajstić information content (AvgIpc) is 2.32. The summed E-state index contributed by atoms with van der Waals surface area (Å²) in [4.78, 5) is 6.55. The molecule has 0 radical (unpaired) electrons. The average molecular weight is 313 g/mol. The van der Waals surface area contributed by atoms with Crippen LogP contribution in [-0.4, -0.2) is 44.8 Å². The monoisotopic (exact) mass is 313 g/mol. The molecule has 0 atom stereocenters. The Morgan fingerprint density at radius 3 is 2.55 bits per heavy atom. The molecular formula is C9H10F3N3O4S. The van der Waals surface area contributed by atoms with Crippen LogP contribution in [0.15, 0.2) is 11.4 Å². The van der Waals surface area contributed by atoms with Crippen LogP contribution in [0.1, 0.15) is 5.56 Å². The summed E-state index contributed by atoms with van der Waals surface area (Å²) in [5.74, 6) is -0.824. The van der Waals surface area contributed by atoms with Gasteiger partial charge in [-0.1, -0.05) is 0 Å². The van der Waals surface area contributed by atoms with Crippen LogP contribution in [0.5, 0.6) is 5.88 Å². The van der Waals surface area contributed by atoms with Crippen molar-refractivity contribution in [1.82, 2.24) is 14.7 Å². The highest BCUT2D eigenvalue weighted by Gasteiger charge is 2.38. The van der Waals surface area contributed by atoms with Crippen LogP contribution in [0.4, 0.5) is 13.2 Å². The minimum absolute atomic E-state index is 0.120. The Morgan fingerprint density at radius 2 is 2.10 bits per heavy atom. The molecule has 0 saturated carbocycles. The Kier molecular flexibility index (Phi) is 3.84. The molecule has 1 saturated heterocycles. The van der Waals surface area contributed by atoms with Gasteiger partial charge in [0.1, 0.15) is 11.7 Å². The Morgan fingerprint density at radius 1 is 1.45 bits per heavy atom. The smallest absolute Gasteiger partial charge is 0.423 e. The first kappa shape index (κ1) is 14.9. The lowest BCUT2D eigenvalue weighted by molar-refractivity contribution is -0.143. The summed E-state index contributed by atoms with van der Waals surface area (Å²) in [5, 5.41) is -0.789. The van der Waals surface area contributed by atoms with Crippen molar-refractivity contribution in [2.75, 3.05) is 20.3 Å². The standard InChI is InChI=1S/C9H10F3N3O4S/c1-13-20(16,17)8-14-2-6(9(10,11)12)7(15-8)19-5-3-18-4-5/h2,5,13H,3-4H2,1H3. The summed E-state index contributed by atoms with van der Waals surface area (Å²) in [6, 6.07) is 0. The molecule has 1 N–H and O–H groups in total. The fraction of sp³-hybridized carbons (Fsp3) is 0.556. The van der Waals surface area contributed by atoms with E-state index in [1.54, 1.807) is 0 Å². The summed E-state index contributed by atoms with van der Waals surface area (Å²) in [6.07, 6.45) is -4.95. The van der Waals surface area contributed by atoms with E-state index in [4.69, 9.17) is 9.47 Å². The molecule has 0 bridgehead atoms. The molecule has 1 aromatic heterocycles. The number of sulfonamides is 1. The lowest BCUT2D eigenvalue weighted by Gasteiger charge is -2.27. The molecule has 20 heavy (non-hydrogen) atoms. The van der Waals surface area contributed by atoms with Gasteiger partial charge in [0, 0.05) is 6.20 Å². The van der Waals surface area contributed by atoms with E-state index in [1.165, 1.54) is 0 Å². The van der Waals surface area contributed by atoms with E-state index in [9.17, 15) is 21.6 Å². The van der Waals surface area contributed by atoms with E-state index in [0.29, 0.717) is 6.20 Å². The van der Waals surface area contributed by atoms with Gasteiger partial charge >= 0.3 is 6.18 Å². The second kappa shape index (κ2) is 5.14. The van der Waals surface area contributed by atoms with Gasteiger partial charge in [-0.3, -0.25) is 0 Å². The molecule has 0 amide bonds. The molecule has 0 unspecified atom stereocenters. The Labute approximate surface area is 112 Å². The largest absolute Gasteiger partial charge is 0.469 e. The lowest BCUT2D eigenvalue weighted by atomic mass is 10.3. The zero-order valence-corrected chi connectivity index (χ0v) is 11.0. The van der Waals surface area contributed by atoms with Crippen molar-refractivity contribution in [3.8, 4) is 5.88 Å². The van der Waals surface area contributed by atoms with Gasteiger partial charge < -0.3 is 9.47 Å². The number of hydrogen-bond acceptors (Lipinski definition) is 6. The van der Waals surface area contributed by atoms with Crippen LogP contribution in [-0.2, 0) is 20.9 Å². The van der Waals surface area contributed by atoms with Crippen molar-refractivity contribution >= 4 is 10.0 Å². The Bertz CT molecular complexity index is 601. The molecule has 1 aliphatic heterocycles. The van der Waals surface area contributed by atoms with Crippen molar-refractivity contribution in [2.24, 2.45) is 0 Å². The van der Waals surface area contributed by atoms with E-state index in [1.807, 2.05) is 4.72 Å². The third-order valence-electron chi connectivity index (χ3n) is 2.43. The van der Waals surface area contributed by atoms with Gasteiger partial charge in [-0.05, 0) is 7.05 Å². The molecule has 0 aromatic carbocycles.